The molecule has 0 saturated carbocycles. The van der Waals surface area contributed by atoms with Gasteiger partial charge in [0.2, 0.25) is 5.60 Å². The number of rotatable bonds is 2. The van der Waals surface area contributed by atoms with Gasteiger partial charge in [-0.05, 0) is 18.2 Å². The monoisotopic (exact) mass is 402 g/mol. The third-order valence-corrected chi connectivity index (χ3v) is 5.16. The van der Waals surface area contributed by atoms with Gasteiger partial charge in [-0.25, -0.2) is 15.0 Å². The Morgan fingerprint density at radius 3 is 2.73 bits per heavy atom. The number of aliphatic hydroxyl groups is 1. The summed E-state index contributed by atoms with van der Waals surface area (Å²) in [4.78, 5) is 28.6. The fourth-order valence-electron chi connectivity index (χ4n) is 3.43. The molecule has 4 rings (SSSR count). The van der Waals surface area contributed by atoms with Crippen LogP contribution in [-0.2, 0) is 4.79 Å². The molecule has 1 fully saturated rings. The van der Waals surface area contributed by atoms with Gasteiger partial charge < -0.3 is 20.6 Å². The topological polar surface area (TPSA) is 108 Å². The molecule has 3 heterocycles. The molecule has 2 aromatic heterocycles. The molecule has 8 heteroatoms. The third kappa shape index (κ3) is 3.40. The lowest BCUT2D eigenvalue weighted by Crippen LogP contribution is -2.37. The summed E-state index contributed by atoms with van der Waals surface area (Å²) < 4.78 is 0. The Labute approximate surface area is 174 Å². The van der Waals surface area contributed by atoms with Crippen LogP contribution >= 0.6 is 0 Å². The molecule has 1 aliphatic rings. The van der Waals surface area contributed by atoms with Gasteiger partial charge in [-0.1, -0.05) is 24.0 Å². The molecule has 1 saturated heterocycles. The van der Waals surface area contributed by atoms with Gasteiger partial charge >= 0.3 is 0 Å². The summed E-state index contributed by atoms with van der Waals surface area (Å²) in [5.74, 6) is 5.63. The molecular formula is C22H22N6O2. The number of likely N-dealkylation sites (N-methyl/N-ethyl adjacent to an activating group) is 1. The zero-order valence-electron chi connectivity index (χ0n) is 17.0. The van der Waals surface area contributed by atoms with Crippen LogP contribution in [0.25, 0.3) is 22.3 Å². The maximum absolute atomic E-state index is 12.1. The quantitative estimate of drug-likeness (QED) is 0.622. The Morgan fingerprint density at radius 1 is 1.23 bits per heavy atom. The van der Waals surface area contributed by atoms with Crippen LogP contribution in [0.3, 0.4) is 0 Å². The maximum atomic E-state index is 12.1. The second-order valence-corrected chi connectivity index (χ2v) is 7.54. The molecule has 1 aliphatic heterocycles. The summed E-state index contributed by atoms with van der Waals surface area (Å²) >= 11 is 0. The van der Waals surface area contributed by atoms with E-state index >= 15 is 0 Å². The van der Waals surface area contributed by atoms with Gasteiger partial charge in [-0.15, -0.1) is 0 Å². The number of aromatic nitrogens is 3. The lowest BCUT2D eigenvalue weighted by atomic mass is 10.0. The summed E-state index contributed by atoms with van der Waals surface area (Å²) in [6.45, 7) is 0.488. The van der Waals surface area contributed by atoms with Crippen molar-refractivity contribution in [1.29, 1.82) is 0 Å². The van der Waals surface area contributed by atoms with Crippen molar-refractivity contribution in [2.75, 3.05) is 38.3 Å². The number of pyridine rings is 1. The van der Waals surface area contributed by atoms with Crippen molar-refractivity contribution >= 4 is 28.4 Å². The predicted octanol–water partition coefficient (Wildman–Crippen LogP) is 1.28. The molecule has 0 spiro atoms. The molecule has 0 radical (unpaired) electrons. The molecule has 1 atom stereocenters. The number of amides is 1. The summed E-state index contributed by atoms with van der Waals surface area (Å²) in [6, 6.07) is 9.41. The van der Waals surface area contributed by atoms with Crippen molar-refractivity contribution in [2.24, 2.45) is 0 Å². The van der Waals surface area contributed by atoms with Crippen LogP contribution in [0.5, 0.6) is 0 Å². The average Bonchev–Trinajstić information content (AvgIpc) is 3.00. The standard InChI is InChI=1S/C22H22N6O2/c1-27(2)17-12-16(26-19-18(17)24-13-25-20(19)23)15-6-4-5-14(11-15)7-8-22(30)9-10-28(3)21(22)29/h4-6,11-13,30H,9-10H2,1-3H3,(H2,23,24,25). The number of nitrogens with two attached hydrogens (primary N) is 1. The molecule has 0 bridgehead atoms. The SMILES string of the molecule is CN1CCC(O)(C#Cc2cccc(-c3cc(N(C)C)c4ncnc(N)c4n3)c2)C1=O. The van der Waals surface area contributed by atoms with E-state index in [2.05, 4.69) is 26.8 Å². The van der Waals surface area contributed by atoms with Crippen LogP contribution in [0.2, 0.25) is 0 Å². The lowest BCUT2D eigenvalue weighted by molar-refractivity contribution is -0.137. The molecule has 1 amide bonds. The van der Waals surface area contributed by atoms with Crippen LogP contribution < -0.4 is 10.6 Å². The van der Waals surface area contributed by atoms with E-state index in [0.717, 1.165) is 11.3 Å². The number of fused-ring (bicyclic) bond motifs is 1. The van der Waals surface area contributed by atoms with Gasteiger partial charge in [-0.2, -0.15) is 0 Å². The molecule has 152 valence electrons. The van der Waals surface area contributed by atoms with Crippen molar-refractivity contribution in [1.82, 2.24) is 19.9 Å². The fraction of sp³-hybridized carbons (Fsp3) is 0.273. The van der Waals surface area contributed by atoms with Gasteiger partial charge in [0.15, 0.2) is 5.82 Å². The van der Waals surface area contributed by atoms with Gasteiger partial charge in [0.05, 0.1) is 11.4 Å². The molecule has 30 heavy (non-hydrogen) atoms. The highest BCUT2D eigenvalue weighted by atomic mass is 16.3. The Hall–Kier alpha value is -3.70. The van der Waals surface area contributed by atoms with Gasteiger partial charge in [0.25, 0.3) is 5.91 Å². The number of benzene rings is 1. The van der Waals surface area contributed by atoms with E-state index in [1.165, 1.54) is 11.2 Å². The Morgan fingerprint density at radius 2 is 2.03 bits per heavy atom. The summed E-state index contributed by atoms with van der Waals surface area (Å²) in [5.41, 5.74) is 8.70. The first-order valence-corrected chi connectivity index (χ1v) is 9.48. The summed E-state index contributed by atoms with van der Waals surface area (Å²) in [5, 5.41) is 10.5. The number of likely N-dealkylation sites (tertiary alicyclic amines) is 1. The molecule has 1 unspecified atom stereocenters. The number of hydrogen-bond donors (Lipinski definition) is 2. The lowest BCUT2D eigenvalue weighted by Gasteiger charge is -2.16. The number of nitrogen functional groups attached to an aromatic ring is 1. The van der Waals surface area contributed by atoms with E-state index in [9.17, 15) is 9.90 Å². The molecule has 0 aliphatic carbocycles. The van der Waals surface area contributed by atoms with Crippen LogP contribution in [0.1, 0.15) is 12.0 Å². The van der Waals surface area contributed by atoms with E-state index in [1.807, 2.05) is 49.3 Å². The highest BCUT2D eigenvalue weighted by molar-refractivity contribution is 5.95. The first kappa shape index (κ1) is 19.6. The number of hydrogen-bond acceptors (Lipinski definition) is 7. The van der Waals surface area contributed by atoms with Crippen LogP contribution in [0.15, 0.2) is 36.7 Å². The van der Waals surface area contributed by atoms with E-state index in [4.69, 9.17) is 5.73 Å². The largest absolute Gasteiger partial charge is 0.382 e. The van der Waals surface area contributed by atoms with Crippen molar-refractivity contribution in [3.8, 4) is 23.1 Å². The van der Waals surface area contributed by atoms with E-state index < -0.39 is 5.60 Å². The minimum Gasteiger partial charge on any atom is -0.382 e. The van der Waals surface area contributed by atoms with Crippen molar-refractivity contribution in [2.45, 2.75) is 12.0 Å². The zero-order valence-corrected chi connectivity index (χ0v) is 17.0. The Bertz CT molecular complexity index is 1210. The minimum absolute atomic E-state index is 0.298. The van der Waals surface area contributed by atoms with Crippen molar-refractivity contribution < 1.29 is 9.90 Å². The zero-order chi connectivity index (χ0) is 21.5. The minimum atomic E-state index is -1.63. The van der Waals surface area contributed by atoms with E-state index in [-0.39, 0.29) is 5.91 Å². The predicted molar refractivity (Wildman–Crippen MR) is 116 cm³/mol. The maximum Gasteiger partial charge on any atom is 0.267 e. The first-order chi connectivity index (χ1) is 14.3. The van der Waals surface area contributed by atoms with E-state index in [1.54, 1.807) is 7.05 Å². The number of nitrogens with zero attached hydrogens (tertiary/aromatic N) is 5. The molecule has 3 N–H and O–H groups in total. The smallest absolute Gasteiger partial charge is 0.267 e. The van der Waals surface area contributed by atoms with Gasteiger partial charge in [0, 0.05) is 45.2 Å². The van der Waals surface area contributed by atoms with E-state index in [0.29, 0.717) is 41.1 Å². The fourth-order valence-corrected chi connectivity index (χ4v) is 3.43. The second kappa shape index (κ2) is 7.28. The normalized spacial score (nSPS) is 18.4. The molecule has 8 nitrogen and oxygen atoms in total. The molecule has 3 aromatic rings. The van der Waals surface area contributed by atoms with Gasteiger partial charge in [0.1, 0.15) is 17.4 Å². The highest BCUT2D eigenvalue weighted by Gasteiger charge is 2.42. The highest BCUT2D eigenvalue weighted by Crippen LogP contribution is 2.30. The molecular weight excluding hydrogens is 380 g/mol. The van der Waals surface area contributed by atoms with Crippen LogP contribution in [0.4, 0.5) is 11.5 Å². The van der Waals surface area contributed by atoms with Crippen molar-refractivity contribution in [3.63, 3.8) is 0 Å². The van der Waals surface area contributed by atoms with Gasteiger partial charge in [-0.3, -0.25) is 4.79 Å². The van der Waals surface area contributed by atoms with Crippen LogP contribution in [0, 0.1) is 11.8 Å². The average molecular weight is 402 g/mol. The molecule has 1 aromatic carbocycles. The third-order valence-electron chi connectivity index (χ3n) is 5.16. The second-order valence-electron chi connectivity index (χ2n) is 7.54. The Kier molecular flexibility index (Phi) is 4.76. The van der Waals surface area contributed by atoms with Crippen LogP contribution in [-0.4, -0.2) is 64.2 Å². The number of carbonyl (C=O) groups is 1. The Balaban J connectivity index is 1.77. The summed E-state index contributed by atoms with van der Waals surface area (Å²) in [6.07, 6.45) is 1.72. The number of anilines is 2. The number of carbonyl (C=O) groups excluding carboxylic acids is 1. The summed E-state index contributed by atoms with van der Waals surface area (Å²) in [7, 11) is 5.51. The first-order valence-electron chi connectivity index (χ1n) is 9.48. The van der Waals surface area contributed by atoms with Crippen molar-refractivity contribution in [3.05, 3.63) is 42.2 Å².